The minimum absolute atomic E-state index is 0.233. The molecule has 4 rings (SSSR count). The smallest absolute Gasteiger partial charge is 0.270 e. The Hall–Kier alpha value is -3.61. The Bertz CT molecular complexity index is 914. The molecule has 7 nitrogen and oxygen atoms in total. The number of carbonyl (C=O) groups is 1. The molecule has 26 heavy (non-hydrogen) atoms. The van der Waals surface area contributed by atoms with Crippen molar-refractivity contribution in [2.24, 2.45) is 0 Å². The fourth-order valence-electron chi connectivity index (χ4n) is 2.52. The van der Waals surface area contributed by atoms with Crippen LogP contribution in [0.3, 0.4) is 0 Å². The van der Waals surface area contributed by atoms with E-state index in [1.54, 1.807) is 30.7 Å². The second-order valence-electron chi connectivity index (χ2n) is 5.67. The van der Waals surface area contributed by atoms with Crippen molar-refractivity contribution in [3.05, 3.63) is 72.3 Å². The van der Waals surface area contributed by atoms with Crippen molar-refractivity contribution in [3.8, 4) is 11.5 Å². The topological polar surface area (TPSA) is 85.4 Å². The average molecular weight is 348 g/mol. The van der Waals surface area contributed by atoms with E-state index in [-0.39, 0.29) is 12.7 Å². The lowest BCUT2D eigenvalue weighted by Crippen LogP contribution is -2.23. The molecule has 1 aromatic carbocycles. The van der Waals surface area contributed by atoms with Gasteiger partial charge in [0.25, 0.3) is 5.91 Å². The van der Waals surface area contributed by atoms with Crippen molar-refractivity contribution < 1.29 is 14.3 Å². The number of nitrogens with one attached hydrogen (secondary N) is 2. The molecule has 7 heteroatoms. The first-order chi connectivity index (χ1) is 12.8. The van der Waals surface area contributed by atoms with Gasteiger partial charge in [-0.2, -0.15) is 0 Å². The summed E-state index contributed by atoms with van der Waals surface area (Å²) in [6.45, 7) is 0.648. The van der Waals surface area contributed by atoms with Crippen LogP contribution in [0.5, 0.6) is 11.5 Å². The normalized spacial score (nSPS) is 11.8. The number of anilines is 2. The van der Waals surface area contributed by atoms with Gasteiger partial charge in [-0.3, -0.25) is 9.78 Å². The summed E-state index contributed by atoms with van der Waals surface area (Å²) in [5.74, 6) is 1.20. The number of pyridine rings is 2. The second-order valence-corrected chi connectivity index (χ2v) is 5.67. The SMILES string of the molecule is O=C(NCc1cccnc1)c1ccc(Nc2ccc3c(c2)OCO3)cn1. The zero-order chi connectivity index (χ0) is 17.8. The number of benzene rings is 1. The monoisotopic (exact) mass is 348 g/mol. The van der Waals surface area contributed by atoms with Crippen LogP contribution in [0.25, 0.3) is 0 Å². The number of aromatic nitrogens is 2. The standard InChI is InChI=1S/C19H16N4O3/c24-19(22-10-13-2-1-7-20-9-13)16-5-3-15(11-21-16)23-14-4-6-17-18(8-14)26-12-25-17/h1-9,11,23H,10,12H2,(H,22,24). The number of nitrogens with zero attached hydrogens (tertiary/aromatic N) is 2. The van der Waals surface area contributed by atoms with Crippen LogP contribution in [0.2, 0.25) is 0 Å². The lowest BCUT2D eigenvalue weighted by Gasteiger charge is -2.08. The van der Waals surface area contributed by atoms with Crippen LogP contribution >= 0.6 is 0 Å². The van der Waals surface area contributed by atoms with Crippen LogP contribution in [0, 0.1) is 0 Å². The first kappa shape index (κ1) is 15.9. The number of amides is 1. The summed E-state index contributed by atoms with van der Waals surface area (Å²) in [4.78, 5) is 20.4. The largest absolute Gasteiger partial charge is 0.454 e. The highest BCUT2D eigenvalue weighted by atomic mass is 16.7. The Labute approximate surface area is 150 Å². The minimum atomic E-state index is -0.233. The highest BCUT2D eigenvalue weighted by molar-refractivity contribution is 5.92. The maximum Gasteiger partial charge on any atom is 0.270 e. The van der Waals surface area contributed by atoms with Crippen molar-refractivity contribution in [1.82, 2.24) is 15.3 Å². The van der Waals surface area contributed by atoms with E-state index in [0.29, 0.717) is 18.0 Å². The van der Waals surface area contributed by atoms with E-state index >= 15 is 0 Å². The summed E-state index contributed by atoms with van der Waals surface area (Å²) in [5.41, 5.74) is 2.91. The molecule has 0 fully saturated rings. The molecule has 3 aromatic rings. The number of fused-ring (bicyclic) bond motifs is 1. The fourth-order valence-corrected chi connectivity index (χ4v) is 2.52. The van der Waals surface area contributed by atoms with E-state index in [4.69, 9.17) is 9.47 Å². The third kappa shape index (κ3) is 3.56. The Morgan fingerprint density at radius 2 is 1.92 bits per heavy atom. The molecule has 1 aliphatic heterocycles. The highest BCUT2D eigenvalue weighted by Gasteiger charge is 2.13. The highest BCUT2D eigenvalue weighted by Crippen LogP contribution is 2.34. The van der Waals surface area contributed by atoms with E-state index in [1.165, 1.54) is 0 Å². The van der Waals surface area contributed by atoms with Gasteiger partial charge in [0.2, 0.25) is 6.79 Å². The summed E-state index contributed by atoms with van der Waals surface area (Å²) < 4.78 is 10.6. The van der Waals surface area contributed by atoms with Crippen molar-refractivity contribution in [2.75, 3.05) is 12.1 Å². The fraction of sp³-hybridized carbons (Fsp3) is 0.105. The summed E-state index contributed by atoms with van der Waals surface area (Å²) in [5, 5.41) is 6.04. The lowest BCUT2D eigenvalue weighted by molar-refractivity contribution is 0.0946. The molecule has 0 saturated carbocycles. The molecule has 2 aromatic heterocycles. The van der Waals surface area contributed by atoms with Gasteiger partial charge >= 0.3 is 0 Å². The van der Waals surface area contributed by atoms with Gasteiger partial charge < -0.3 is 20.1 Å². The van der Waals surface area contributed by atoms with Crippen LogP contribution in [-0.2, 0) is 6.54 Å². The van der Waals surface area contributed by atoms with Gasteiger partial charge in [-0.15, -0.1) is 0 Å². The summed E-state index contributed by atoms with van der Waals surface area (Å²) in [7, 11) is 0. The van der Waals surface area contributed by atoms with Crippen molar-refractivity contribution in [2.45, 2.75) is 6.54 Å². The van der Waals surface area contributed by atoms with Crippen LogP contribution in [-0.4, -0.2) is 22.7 Å². The van der Waals surface area contributed by atoms with E-state index in [1.807, 2.05) is 30.3 Å². The van der Waals surface area contributed by atoms with Gasteiger partial charge in [-0.25, -0.2) is 4.98 Å². The van der Waals surface area contributed by atoms with E-state index in [2.05, 4.69) is 20.6 Å². The molecule has 0 unspecified atom stereocenters. The molecule has 130 valence electrons. The van der Waals surface area contributed by atoms with Crippen LogP contribution in [0.15, 0.2) is 61.1 Å². The summed E-state index contributed by atoms with van der Waals surface area (Å²) >= 11 is 0. The van der Waals surface area contributed by atoms with E-state index in [9.17, 15) is 4.79 Å². The van der Waals surface area contributed by atoms with Crippen LogP contribution in [0.1, 0.15) is 16.1 Å². The van der Waals surface area contributed by atoms with E-state index < -0.39 is 0 Å². The molecule has 1 aliphatic rings. The maximum atomic E-state index is 12.2. The molecular weight excluding hydrogens is 332 g/mol. The zero-order valence-electron chi connectivity index (χ0n) is 13.8. The van der Waals surface area contributed by atoms with Gasteiger partial charge in [-0.05, 0) is 35.9 Å². The van der Waals surface area contributed by atoms with Gasteiger partial charge in [0.05, 0.1) is 11.9 Å². The quantitative estimate of drug-likeness (QED) is 0.737. The first-order valence-electron chi connectivity index (χ1n) is 8.08. The van der Waals surface area contributed by atoms with Gasteiger partial charge in [0.15, 0.2) is 11.5 Å². The van der Waals surface area contributed by atoms with Crippen molar-refractivity contribution in [3.63, 3.8) is 0 Å². The zero-order valence-corrected chi connectivity index (χ0v) is 13.8. The number of hydrogen-bond donors (Lipinski definition) is 2. The Morgan fingerprint density at radius 3 is 2.73 bits per heavy atom. The molecular formula is C19H16N4O3. The van der Waals surface area contributed by atoms with Gasteiger partial charge in [-0.1, -0.05) is 6.07 Å². The average Bonchev–Trinajstić information content (AvgIpc) is 3.15. The maximum absolute atomic E-state index is 12.2. The Kier molecular flexibility index (Phi) is 4.34. The third-order valence-electron chi connectivity index (χ3n) is 3.83. The lowest BCUT2D eigenvalue weighted by atomic mass is 10.2. The van der Waals surface area contributed by atoms with Gasteiger partial charge in [0, 0.05) is 30.7 Å². The minimum Gasteiger partial charge on any atom is -0.454 e. The molecule has 0 aliphatic carbocycles. The molecule has 0 atom stereocenters. The second kappa shape index (κ2) is 7.10. The molecule has 0 radical (unpaired) electrons. The van der Waals surface area contributed by atoms with Crippen molar-refractivity contribution >= 4 is 17.3 Å². The predicted molar refractivity (Wildman–Crippen MR) is 95.5 cm³/mol. The summed E-state index contributed by atoms with van der Waals surface area (Å²) in [6, 6.07) is 12.8. The number of rotatable bonds is 5. The third-order valence-corrected chi connectivity index (χ3v) is 3.83. The molecule has 3 heterocycles. The van der Waals surface area contributed by atoms with E-state index in [0.717, 1.165) is 22.7 Å². The van der Waals surface area contributed by atoms with Gasteiger partial charge in [0.1, 0.15) is 5.69 Å². The number of carbonyl (C=O) groups excluding carboxylic acids is 1. The molecule has 0 bridgehead atoms. The van der Waals surface area contributed by atoms with Crippen LogP contribution in [0.4, 0.5) is 11.4 Å². The molecule has 2 N–H and O–H groups in total. The van der Waals surface area contributed by atoms with Crippen molar-refractivity contribution in [1.29, 1.82) is 0 Å². The number of ether oxygens (including phenoxy) is 2. The Morgan fingerprint density at radius 1 is 1.04 bits per heavy atom. The number of hydrogen-bond acceptors (Lipinski definition) is 6. The molecule has 0 saturated heterocycles. The van der Waals surface area contributed by atoms with Crippen LogP contribution < -0.4 is 20.1 Å². The molecule has 0 spiro atoms. The molecule has 1 amide bonds. The predicted octanol–water partition coefficient (Wildman–Crippen LogP) is 2.88. The Balaban J connectivity index is 1.38. The first-order valence-corrected chi connectivity index (χ1v) is 8.08. The summed E-state index contributed by atoms with van der Waals surface area (Å²) in [6.07, 6.45) is 5.02.